The SMILES string of the molecule is CC(C)n1ccc(CNCC(=O)N2CCCCC2)n1. The van der Waals surface area contributed by atoms with Crippen molar-refractivity contribution in [3.05, 3.63) is 18.0 Å². The zero-order chi connectivity index (χ0) is 13.7. The van der Waals surface area contributed by atoms with E-state index in [-0.39, 0.29) is 5.91 Å². The topological polar surface area (TPSA) is 50.2 Å². The molecule has 0 radical (unpaired) electrons. The predicted molar refractivity (Wildman–Crippen MR) is 74.7 cm³/mol. The maximum Gasteiger partial charge on any atom is 0.236 e. The van der Waals surface area contributed by atoms with Crippen LogP contribution in [0, 0.1) is 0 Å². The zero-order valence-corrected chi connectivity index (χ0v) is 11.9. The Morgan fingerprint density at radius 1 is 1.37 bits per heavy atom. The molecule has 0 bridgehead atoms. The van der Waals surface area contributed by atoms with Gasteiger partial charge in [-0.25, -0.2) is 0 Å². The minimum absolute atomic E-state index is 0.211. The average molecular weight is 264 g/mol. The van der Waals surface area contributed by atoms with E-state index < -0.39 is 0 Å². The Hall–Kier alpha value is -1.36. The molecule has 5 heteroatoms. The van der Waals surface area contributed by atoms with Crippen LogP contribution in [0.1, 0.15) is 44.8 Å². The van der Waals surface area contributed by atoms with Crippen LogP contribution in [0.5, 0.6) is 0 Å². The van der Waals surface area contributed by atoms with E-state index in [9.17, 15) is 4.79 Å². The number of hydrogen-bond donors (Lipinski definition) is 1. The largest absolute Gasteiger partial charge is 0.342 e. The lowest BCUT2D eigenvalue weighted by Gasteiger charge is -2.26. The Morgan fingerprint density at radius 2 is 2.11 bits per heavy atom. The van der Waals surface area contributed by atoms with Crippen molar-refractivity contribution >= 4 is 5.91 Å². The van der Waals surface area contributed by atoms with Gasteiger partial charge < -0.3 is 10.2 Å². The van der Waals surface area contributed by atoms with E-state index in [1.807, 2.05) is 21.8 Å². The Labute approximate surface area is 115 Å². The molecule has 0 saturated carbocycles. The summed E-state index contributed by atoms with van der Waals surface area (Å²) in [6.07, 6.45) is 5.52. The average Bonchev–Trinajstić information content (AvgIpc) is 2.89. The molecule has 1 aliphatic rings. The second kappa shape index (κ2) is 6.70. The second-order valence-corrected chi connectivity index (χ2v) is 5.43. The summed E-state index contributed by atoms with van der Waals surface area (Å²) in [5.74, 6) is 0.211. The van der Waals surface area contributed by atoms with Crippen molar-refractivity contribution in [2.24, 2.45) is 0 Å². The van der Waals surface area contributed by atoms with Crippen LogP contribution in [0.15, 0.2) is 12.3 Å². The monoisotopic (exact) mass is 264 g/mol. The number of carbonyl (C=O) groups is 1. The number of aromatic nitrogens is 2. The van der Waals surface area contributed by atoms with Gasteiger partial charge in [-0.2, -0.15) is 5.10 Å². The van der Waals surface area contributed by atoms with Gasteiger partial charge in [-0.15, -0.1) is 0 Å². The summed E-state index contributed by atoms with van der Waals surface area (Å²) in [5, 5.41) is 7.63. The molecule has 2 rings (SSSR count). The molecule has 1 aromatic rings. The molecule has 1 saturated heterocycles. The van der Waals surface area contributed by atoms with E-state index in [0.29, 0.717) is 19.1 Å². The highest BCUT2D eigenvalue weighted by Gasteiger charge is 2.15. The van der Waals surface area contributed by atoms with Crippen molar-refractivity contribution in [2.45, 2.75) is 45.7 Å². The Kier molecular flexibility index (Phi) is 4.96. The number of rotatable bonds is 5. The number of carbonyl (C=O) groups excluding carboxylic acids is 1. The minimum Gasteiger partial charge on any atom is -0.342 e. The van der Waals surface area contributed by atoms with Crippen LogP contribution in [0.4, 0.5) is 0 Å². The summed E-state index contributed by atoms with van der Waals surface area (Å²) in [6, 6.07) is 2.38. The van der Waals surface area contributed by atoms with Gasteiger partial charge in [0.05, 0.1) is 12.2 Å². The first-order valence-corrected chi connectivity index (χ1v) is 7.19. The van der Waals surface area contributed by atoms with Gasteiger partial charge >= 0.3 is 0 Å². The molecular formula is C14H24N4O. The third-order valence-corrected chi connectivity index (χ3v) is 3.48. The van der Waals surface area contributed by atoms with Gasteiger partial charge in [0.15, 0.2) is 0 Å². The standard InChI is InChI=1S/C14H24N4O/c1-12(2)18-9-6-13(16-18)10-15-11-14(19)17-7-4-3-5-8-17/h6,9,12,15H,3-5,7-8,10-11H2,1-2H3. The first kappa shape index (κ1) is 14.1. The number of amides is 1. The first-order chi connectivity index (χ1) is 9.16. The normalized spacial score (nSPS) is 16.1. The summed E-state index contributed by atoms with van der Waals surface area (Å²) < 4.78 is 1.93. The molecule has 0 unspecified atom stereocenters. The molecule has 1 fully saturated rings. The molecule has 0 atom stereocenters. The number of likely N-dealkylation sites (tertiary alicyclic amines) is 1. The van der Waals surface area contributed by atoms with Crippen LogP contribution >= 0.6 is 0 Å². The van der Waals surface area contributed by atoms with Crippen LogP contribution < -0.4 is 5.32 Å². The third-order valence-electron chi connectivity index (χ3n) is 3.48. The van der Waals surface area contributed by atoms with Crippen molar-refractivity contribution < 1.29 is 4.79 Å². The highest BCUT2D eigenvalue weighted by Crippen LogP contribution is 2.08. The molecular weight excluding hydrogens is 240 g/mol. The van der Waals surface area contributed by atoms with E-state index >= 15 is 0 Å². The molecule has 0 aliphatic carbocycles. The smallest absolute Gasteiger partial charge is 0.236 e. The fraction of sp³-hybridized carbons (Fsp3) is 0.714. The van der Waals surface area contributed by atoms with E-state index in [4.69, 9.17) is 0 Å². The quantitative estimate of drug-likeness (QED) is 0.878. The minimum atomic E-state index is 0.211. The van der Waals surface area contributed by atoms with Crippen LogP contribution in [0.2, 0.25) is 0 Å². The molecule has 0 aromatic carbocycles. The summed E-state index contributed by atoms with van der Waals surface area (Å²) in [5.41, 5.74) is 0.986. The molecule has 1 N–H and O–H groups in total. The maximum absolute atomic E-state index is 11.9. The van der Waals surface area contributed by atoms with Gasteiger partial charge in [-0.3, -0.25) is 9.48 Å². The van der Waals surface area contributed by atoms with Gasteiger partial charge in [0.25, 0.3) is 0 Å². The lowest BCUT2D eigenvalue weighted by atomic mass is 10.1. The van der Waals surface area contributed by atoms with E-state index in [1.165, 1.54) is 6.42 Å². The lowest BCUT2D eigenvalue weighted by molar-refractivity contribution is -0.131. The number of nitrogens with one attached hydrogen (secondary N) is 1. The Morgan fingerprint density at radius 3 is 2.74 bits per heavy atom. The van der Waals surface area contributed by atoms with Gasteiger partial charge in [0.2, 0.25) is 5.91 Å². The molecule has 1 aliphatic heterocycles. The van der Waals surface area contributed by atoms with Crippen molar-refractivity contribution in [1.29, 1.82) is 0 Å². The fourth-order valence-electron chi connectivity index (χ4n) is 2.31. The summed E-state index contributed by atoms with van der Waals surface area (Å²) >= 11 is 0. The molecule has 5 nitrogen and oxygen atoms in total. The summed E-state index contributed by atoms with van der Waals surface area (Å²) in [6.45, 7) is 7.10. The molecule has 19 heavy (non-hydrogen) atoms. The molecule has 0 spiro atoms. The van der Waals surface area contributed by atoms with Gasteiger partial charge in [-0.1, -0.05) is 0 Å². The van der Waals surface area contributed by atoms with E-state index in [2.05, 4.69) is 24.3 Å². The van der Waals surface area contributed by atoms with Gasteiger partial charge in [-0.05, 0) is 39.2 Å². The van der Waals surface area contributed by atoms with Gasteiger partial charge in [0, 0.05) is 31.9 Å². The molecule has 1 aromatic heterocycles. The highest BCUT2D eigenvalue weighted by atomic mass is 16.2. The zero-order valence-electron chi connectivity index (χ0n) is 11.9. The number of nitrogens with zero attached hydrogens (tertiary/aromatic N) is 3. The summed E-state index contributed by atoms with van der Waals surface area (Å²) in [7, 11) is 0. The lowest BCUT2D eigenvalue weighted by Crippen LogP contribution is -2.41. The van der Waals surface area contributed by atoms with Crippen LogP contribution in [-0.2, 0) is 11.3 Å². The number of piperidine rings is 1. The van der Waals surface area contributed by atoms with E-state index in [0.717, 1.165) is 31.6 Å². The highest BCUT2D eigenvalue weighted by molar-refractivity contribution is 5.78. The predicted octanol–water partition coefficient (Wildman–Crippen LogP) is 1.57. The van der Waals surface area contributed by atoms with Crippen molar-refractivity contribution in [1.82, 2.24) is 20.0 Å². The third kappa shape index (κ3) is 4.06. The Bertz CT molecular complexity index is 407. The molecule has 1 amide bonds. The second-order valence-electron chi connectivity index (χ2n) is 5.43. The summed E-state index contributed by atoms with van der Waals surface area (Å²) in [4.78, 5) is 13.9. The van der Waals surface area contributed by atoms with Gasteiger partial charge in [0.1, 0.15) is 0 Å². The van der Waals surface area contributed by atoms with Crippen LogP contribution in [-0.4, -0.2) is 40.2 Å². The fourth-order valence-corrected chi connectivity index (χ4v) is 2.31. The van der Waals surface area contributed by atoms with Crippen molar-refractivity contribution in [2.75, 3.05) is 19.6 Å². The van der Waals surface area contributed by atoms with Crippen LogP contribution in [0.3, 0.4) is 0 Å². The first-order valence-electron chi connectivity index (χ1n) is 7.19. The van der Waals surface area contributed by atoms with Crippen molar-refractivity contribution in [3.8, 4) is 0 Å². The Balaban J connectivity index is 1.71. The van der Waals surface area contributed by atoms with E-state index in [1.54, 1.807) is 0 Å². The number of hydrogen-bond acceptors (Lipinski definition) is 3. The van der Waals surface area contributed by atoms with Crippen LogP contribution in [0.25, 0.3) is 0 Å². The molecule has 2 heterocycles. The molecule has 106 valence electrons. The van der Waals surface area contributed by atoms with Crippen molar-refractivity contribution in [3.63, 3.8) is 0 Å². The maximum atomic E-state index is 11.9.